The van der Waals surface area contributed by atoms with E-state index in [0.717, 1.165) is 22.7 Å². The van der Waals surface area contributed by atoms with Gasteiger partial charge < -0.3 is 15.1 Å². The molecule has 5 nitrogen and oxygen atoms in total. The zero-order chi connectivity index (χ0) is 18.4. The maximum atomic E-state index is 12.3. The van der Waals surface area contributed by atoms with Crippen molar-refractivity contribution in [2.24, 2.45) is 0 Å². The van der Waals surface area contributed by atoms with E-state index < -0.39 is 0 Å². The van der Waals surface area contributed by atoms with Crippen LogP contribution >= 0.6 is 11.3 Å². The monoisotopic (exact) mass is 360 g/mol. The fourth-order valence-electron chi connectivity index (χ4n) is 2.46. The molecule has 134 valence electrons. The summed E-state index contributed by atoms with van der Waals surface area (Å²) in [6.07, 6.45) is 0. The van der Waals surface area contributed by atoms with Gasteiger partial charge in [-0.2, -0.15) is 0 Å². The summed E-state index contributed by atoms with van der Waals surface area (Å²) in [5.74, 6) is -0.225. The Kier molecular flexibility index (Phi) is 6.73. The van der Waals surface area contributed by atoms with E-state index >= 15 is 0 Å². The van der Waals surface area contributed by atoms with Gasteiger partial charge in [-0.1, -0.05) is 17.7 Å². The summed E-state index contributed by atoms with van der Waals surface area (Å²) >= 11 is 1.72. The van der Waals surface area contributed by atoms with E-state index in [4.69, 9.17) is 0 Å². The number of aryl methyl sites for hydroxylation is 2. The van der Waals surface area contributed by atoms with Crippen molar-refractivity contribution in [2.75, 3.05) is 32.5 Å². The van der Waals surface area contributed by atoms with Crippen LogP contribution < -0.4 is 10.2 Å². The van der Waals surface area contributed by atoms with Crippen LogP contribution in [0.4, 0.5) is 5.69 Å². The van der Waals surface area contributed by atoms with Crippen LogP contribution in [0.5, 0.6) is 0 Å². The fraction of sp³-hybridized carbons (Fsp3) is 0.368. The van der Waals surface area contributed by atoms with Crippen LogP contribution in [0.3, 0.4) is 0 Å². The zero-order valence-corrected chi connectivity index (χ0v) is 16.1. The molecule has 2 rings (SSSR count). The first-order valence-electron chi connectivity index (χ1n) is 8.30. The van der Waals surface area contributed by atoms with Gasteiger partial charge in [-0.15, -0.1) is 11.3 Å². The van der Waals surface area contributed by atoms with E-state index in [1.165, 1.54) is 15.3 Å². The van der Waals surface area contributed by atoms with Crippen LogP contribution in [0, 0.1) is 13.8 Å². The lowest BCUT2D eigenvalue weighted by Crippen LogP contribution is -3.08. The molecular formula is C19H26N3O2S+. The maximum Gasteiger partial charge on any atom is 0.277 e. The number of anilines is 1. The summed E-state index contributed by atoms with van der Waals surface area (Å²) in [6, 6.07) is 9.69. The molecule has 1 unspecified atom stereocenters. The van der Waals surface area contributed by atoms with Gasteiger partial charge in [0.2, 0.25) is 5.91 Å². The van der Waals surface area contributed by atoms with Crippen molar-refractivity contribution in [3.05, 3.63) is 51.7 Å². The van der Waals surface area contributed by atoms with Gasteiger partial charge in [0.25, 0.3) is 5.91 Å². The molecule has 25 heavy (non-hydrogen) atoms. The van der Waals surface area contributed by atoms with E-state index in [1.54, 1.807) is 18.4 Å². The lowest BCUT2D eigenvalue weighted by Gasteiger charge is -2.19. The molecule has 2 N–H and O–H groups in total. The number of hydrogen-bond acceptors (Lipinski definition) is 3. The number of carbonyl (C=O) groups excluding carboxylic acids is 2. The Labute approximate surface area is 153 Å². The zero-order valence-electron chi connectivity index (χ0n) is 15.3. The summed E-state index contributed by atoms with van der Waals surface area (Å²) in [4.78, 5) is 28.3. The average molecular weight is 361 g/mol. The molecule has 0 aliphatic rings. The standard InChI is InChI=1S/C19H25N3O2S/c1-14-5-7-16(8-6-14)20-18(23)12-22(4)19(24)13-21(3)11-17-15(2)9-10-25-17/h5-10H,11-13H2,1-4H3,(H,20,23)/p+1. The minimum absolute atomic E-state index is 0.0363. The number of benzene rings is 1. The topological polar surface area (TPSA) is 53.9 Å². The van der Waals surface area contributed by atoms with E-state index in [-0.39, 0.29) is 18.4 Å². The molecule has 0 fully saturated rings. The van der Waals surface area contributed by atoms with Crippen LogP contribution in [0.1, 0.15) is 16.0 Å². The van der Waals surface area contributed by atoms with Crippen molar-refractivity contribution in [3.63, 3.8) is 0 Å². The van der Waals surface area contributed by atoms with Gasteiger partial charge in [0.05, 0.1) is 18.5 Å². The summed E-state index contributed by atoms with van der Waals surface area (Å²) in [5.41, 5.74) is 3.15. The largest absolute Gasteiger partial charge is 0.332 e. The average Bonchev–Trinajstić information content (AvgIpc) is 2.94. The van der Waals surface area contributed by atoms with Crippen LogP contribution in [0.2, 0.25) is 0 Å². The Bertz CT molecular complexity index is 725. The molecule has 1 aromatic carbocycles. The van der Waals surface area contributed by atoms with E-state index in [9.17, 15) is 9.59 Å². The van der Waals surface area contributed by atoms with Crippen LogP contribution in [-0.4, -0.2) is 43.9 Å². The highest BCUT2D eigenvalue weighted by atomic mass is 32.1. The highest BCUT2D eigenvalue weighted by Crippen LogP contribution is 2.13. The molecule has 6 heteroatoms. The first-order chi connectivity index (χ1) is 11.8. The van der Waals surface area contributed by atoms with Crippen molar-refractivity contribution in [3.8, 4) is 0 Å². The normalized spacial score (nSPS) is 11.8. The third-order valence-corrected chi connectivity index (χ3v) is 5.05. The quantitative estimate of drug-likeness (QED) is 0.786. The smallest absolute Gasteiger partial charge is 0.277 e. The first-order valence-corrected chi connectivity index (χ1v) is 9.18. The number of thiophene rings is 1. The lowest BCUT2D eigenvalue weighted by atomic mass is 10.2. The summed E-state index contributed by atoms with van der Waals surface area (Å²) < 4.78 is 0. The molecule has 2 amide bonds. The number of amides is 2. The molecule has 0 bridgehead atoms. The Morgan fingerprint density at radius 2 is 1.84 bits per heavy atom. The maximum absolute atomic E-state index is 12.3. The van der Waals surface area contributed by atoms with Crippen molar-refractivity contribution >= 4 is 28.8 Å². The minimum Gasteiger partial charge on any atom is -0.332 e. The van der Waals surface area contributed by atoms with Crippen LogP contribution in [0.25, 0.3) is 0 Å². The number of carbonyl (C=O) groups is 2. The molecule has 1 atom stereocenters. The first kappa shape index (κ1) is 19.1. The van der Waals surface area contributed by atoms with Crippen LogP contribution in [-0.2, 0) is 16.1 Å². The number of hydrogen-bond donors (Lipinski definition) is 2. The summed E-state index contributed by atoms with van der Waals surface area (Å²) in [6.45, 7) is 5.32. The van der Waals surface area contributed by atoms with Gasteiger partial charge in [-0.25, -0.2) is 0 Å². The molecule has 0 saturated heterocycles. The molecule has 0 saturated carbocycles. The SMILES string of the molecule is Cc1ccc(NC(=O)CN(C)C(=O)C[NH+](C)Cc2sccc2C)cc1. The number of quaternary nitrogens is 1. The van der Waals surface area contributed by atoms with Gasteiger partial charge in [0.1, 0.15) is 6.54 Å². The molecule has 2 aromatic rings. The number of nitrogens with one attached hydrogen (secondary N) is 2. The molecule has 0 aliphatic carbocycles. The second kappa shape index (κ2) is 8.78. The molecule has 0 aliphatic heterocycles. The van der Waals surface area contributed by atoms with Gasteiger partial charge in [0, 0.05) is 12.7 Å². The molecular weight excluding hydrogens is 334 g/mol. The van der Waals surface area contributed by atoms with Gasteiger partial charge >= 0.3 is 0 Å². The third-order valence-electron chi connectivity index (χ3n) is 4.03. The van der Waals surface area contributed by atoms with Crippen molar-refractivity contribution in [1.82, 2.24) is 4.90 Å². The summed E-state index contributed by atoms with van der Waals surface area (Å²) in [7, 11) is 3.66. The molecule has 1 aromatic heterocycles. The Hall–Kier alpha value is -2.18. The summed E-state index contributed by atoms with van der Waals surface area (Å²) in [5, 5.41) is 4.88. The van der Waals surface area contributed by atoms with Gasteiger partial charge in [-0.3, -0.25) is 9.59 Å². The Morgan fingerprint density at radius 1 is 1.16 bits per heavy atom. The van der Waals surface area contributed by atoms with E-state index in [2.05, 4.69) is 23.7 Å². The predicted octanol–water partition coefficient (Wildman–Crippen LogP) is 1.48. The number of likely N-dealkylation sites (N-methyl/N-ethyl adjacent to an activating group) is 2. The minimum atomic E-state index is -0.188. The molecule has 0 radical (unpaired) electrons. The third kappa shape index (κ3) is 5.99. The number of rotatable bonds is 7. The highest BCUT2D eigenvalue weighted by Gasteiger charge is 2.18. The predicted molar refractivity (Wildman–Crippen MR) is 102 cm³/mol. The van der Waals surface area contributed by atoms with Gasteiger partial charge in [0.15, 0.2) is 6.54 Å². The highest BCUT2D eigenvalue weighted by molar-refractivity contribution is 7.10. The Morgan fingerprint density at radius 3 is 2.44 bits per heavy atom. The molecule has 0 spiro atoms. The fourth-order valence-corrected chi connectivity index (χ4v) is 3.48. The van der Waals surface area contributed by atoms with Crippen LogP contribution in [0.15, 0.2) is 35.7 Å². The lowest BCUT2D eigenvalue weighted by molar-refractivity contribution is -0.885. The molecule has 1 heterocycles. The van der Waals surface area contributed by atoms with Crippen molar-refractivity contribution in [2.45, 2.75) is 20.4 Å². The second-order valence-electron chi connectivity index (χ2n) is 6.50. The van der Waals surface area contributed by atoms with E-state index in [0.29, 0.717) is 6.54 Å². The second-order valence-corrected chi connectivity index (χ2v) is 7.50. The number of nitrogens with zero attached hydrogens (tertiary/aromatic N) is 1. The Balaban J connectivity index is 1.79. The van der Waals surface area contributed by atoms with Crippen molar-refractivity contribution < 1.29 is 14.5 Å². The van der Waals surface area contributed by atoms with E-state index in [1.807, 2.05) is 38.2 Å². The van der Waals surface area contributed by atoms with Gasteiger partial charge in [-0.05, 0) is 43.0 Å². The van der Waals surface area contributed by atoms with Crippen molar-refractivity contribution in [1.29, 1.82) is 0 Å².